The number of hydrogen-bond donors (Lipinski definition) is 3. The molecule has 0 aliphatic heterocycles. The average molecular weight is 256 g/mol. The van der Waals surface area contributed by atoms with Crippen LogP contribution in [0.3, 0.4) is 0 Å². The van der Waals surface area contributed by atoms with Crippen molar-refractivity contribution in [2.24, 2.45) is 10.9 Å². The zero-order valence-electron chi connectivity index (χ0n) is 10.1. The molecule has 4 nitrogen and oxygen atoms in total. The van der Waals surface area contributed by atoms with Gasteiger partial charge in [0.15, 0.2) is 0 Å². The average Bonchev–Trinajstić information content (AvgIpc) is 2.32. The Balaban J connectivity index is 2.76. The normalized spacial score (nSPS) is 13.5. The van der Waals surface area contributed by atoms with E-state index in [0.29, 0.717) is 11.4 Å². The van der Waals surface area contributed by atoms with Crippen molar-refractivity contribution in [2.75, 3.05) is 5.32 Å². The molecule has 0 bridgehead atoms. The number of aryl methyl sites for hydroxylation is 1. The monoisotopic (exact) mass is 255 g/mol. The molecule has 0 saturated heterocycles. The third-order valence-corrected chi connectivity index (χ3v) is 2.87. The van der Waals surface area contributed by atoms with Crippen molar-refractivity contribution in [1.82, 2.24) is 0 Å². The molecule has 1 aromatic carbocycles. The van der Waals surface area contributed by atoms with Gasteiger partial charge in [-0.15, -0.1) is 0 Å². The van der Waals surface area contributed by atoms with Gasteiger partial charge in [-0.05, 0) is 31.0 Å². The van der Waals surface area contributed by atoms with E-state index in [0.717, 1.165) is 17.7 Å². The Morgan fingerprint density at radius 2 is 2.29 bits per heavy atom. The number of anilines is 1. The first kappa shape index (κ1) is 13.6. The molecule has 0 heterocycles. The topological polar surface area (TPSA) is 70.6 Å². The van der Waals surface area contributed by atoms with E-state index >= 15 is 0 Å². The van der Waals surface area contributed by atoms with E-state index in [1.807, 2.05) is 32.0 Å². The number of halogens is 1. The van der Waals surface area contributed by atoms with Gasteiger partial charge in [0.1, 0.15) is 5.84 Å². The van der Waals surface area contributed by atoms with Crippen molar-refractivity contribution in [1.29, 1.82) is 0 Å². The number of benzene rings is 1. The van der Waals surface area contributed by atoms with Crippen LogP contribution in [0.25, 0.3) is 0 Å². The predicted molar refractivity (Wildman–Crippen MR) is 71.9 cm³/mol. The molecule has 5 heteroatoms. The van der Waals surface area contributed by atoms with E-state index in [1.54, 1.807) is 0 Å². The zero-order chi connectivity index (χ0) is 12.8. The minimum atomic E-state index is 0.128. The summed E-state index contributed by atoms with van der Waals surface area (Å²) in [5.41, 5.74) is 7.60. The van der Waals surface area contributed by atoms with E-state index < -0.39 is 0 Å². The number of oxime groups is 1. The first-order valence-electron chi connectivity index (χ1n) is 5.56. The van der Waals surface area contributed by atoms with Crippen molar-refractivity contribution in [3.63, 3.8) is 0 Å². The smallest absolute Gasteiger partial charge is 0.141 e. The third-order valence-electron chi connectivity index (χ3n) is 2.64. The van der Waals surface area contributed by atoms with Crippen molar-refractivity contribution < 1.29 is 5.21 Å². The van der Waals surface area contributed by atoms with Gasteiger partial charge < -0.3 is 16.3 Å². The molecule has 1 atom stereocenters. The number of rotatable bonds is 5. The van der Waals surface area contributed by atoms with Crippen LogP contribution in [0.2, 0.25) is 5.02 Å². The zero-order valence-corrected chi connectivity index (χ0v) is 10.8. The minimum absolute atomic E-state index is 0.128. The summed E-state index contributed by atoms with van der Waals surface area (Å²) in [5, 5.41) is 15.6. The molecule has 0 aliphatic carbocycles. The highest BCUT2D eigenvalue weighted by Crippen LogP contribution is 2.22. The molecule has 0 aromatic heterocycles. The summed E-state index contributed by atoms with van der Waals surface area (Å²) in [6.45, 7) is 4.05. The van der Waals surface area contributed by atoms with Crippen LogP contribution in [0.15, 0.2) is 23.4 Å². The molecule has 1 unspecified atom stereocenters. The van der Waals surface area contributed by atoms with Gasteiger partial charge in [0.05, 0.1) is 0 Å². The number of nitrogens with two attached hydrogens (primary N) is 1. The van der Waals surface area contributed by atoms with Crippen LogP contribution < -0.4 is 11.1 Å². The molecule has 4 N–H and O–H groups in total. The fourth-order valence-corrected chi connectivity index (χ4v) is 1.73. The van der Waals surface area contributed by atoms with Crippen LogP contribution >= 0.6 is 11.6 Å². The Kier molecular flexibility index (Phi) is 5.10. The molecule has 0 fully saturated rings. The van der Waals surface area contributed by atoms with Crippen molar-refractivity contribution in [3.05, 3.63) is 28.8 Å². The SMILES string of the molecule is CCC(CC(N)=NO)Nc1cc(Cl)ccc1C. The fourth-order valence-electron chi connectivity index (χ4n) is 1.56. The van der Waals surface area contributed by atoms with Crippen molar-refractivity contribution >= 4 is 23.1 Å². The van der Waals surface area contributed by atoms with Crippen LogP contribution in [-0.2, 0) is 0 Å². The lowest BCUT2D eigenvalue weighted by Crippen LogP contribution is -2.26. The van der Waals surface area contributed by atoms with Crippen molar-refractivity contribution in [3.8, 4) is 0 Å². The van der Waals surface area contributed by atoms with Crippen LogP contribution in [0.1, 0.15) is 25.3 Å². The second kappa shape index (κ2) is 6.35. The summed E-state index contributed by atoms with van der Waals surface area (Å²) in [6, 6.07) is 5.82. The predicted octanol–water partition coefficient (Wildman–Crippen LogP) is 2.98. The second-order valence-corrected chi connectivity index (χ2v) is 4.44. The van der Waals surface area contributed by atoms with E-state index in [1.165, 1.54) is 0 Å². The molecular formula is C12H18ClN3O. The molecule has 0 spiro atoms. The molecule has 17 heavy (non-hydrogen) atoms. The van der Waals surface area contributed by atoms with Crippen LogP contribution in [0.5, 0.6) is 0 Å². The highest BCUT2D eigenvalue weighted by atomic mass is 35.5. The molecule has 0 amide bonds. The minimum Gasteiger partial charge on any atom is -0.409 e. The van der Waals surface area contributed by atoms with E-state index in [4.69, 9.17) is 22.5 Å². The van der Waals surface area contributed by atoms with Crippen LogP contribution in [-0.4, -0.2) is 17.1 Å². The van der Waals surface area contributed by atoms with Gasteiger partial charge in [0.25, 0.3) is 0 Å². The van der Waals surface area contributed by atoms with Gasteiger partial charge in [0, 0.05) is 23.2 Å². The van der Waals surface area contributed by atoms with E-state index in [-0.39, 0.29) is 11.9 Å². The molecule has 94 valence electrons. The number of nitrogens with one attached hydrogen (secondary N) is 1. The highest BCUT2D eigenvalue weighted by Gasteiger charge is 2.10. The Bertz CT molecular complexity index is 407. The van der Waals surface area contributed by atoms with Gasteiger partial charge in [0.2, 0.25) is 0 Å². The molecule has 0 radical (unpaired) electrons. The molecule has 0 aliphatic rings. The second-order valence-electron chi connectivity index (χ2n) is 4.00. The summed E-state index contributed by atoms with van der Waals surface area (Å²) in [6.07, 6.45) is 1.38. The van der Waals surface area contributed by atoms with Crippen molar-refractivity contribution in [2.45, 2.75) is 32.7 Å². The fraction of sp³-hybridized carbons (Fsp3) is 0.417. The lowest BCUT2D eigenvalue weighted by atomic mass is 10.1. The Morgan fingerprint density at radius 3 is 2.88 bits per heavy atom. The Morgan fingerprint density at radius 1 is 1.59 bits per heavy atom. The third kappa shape index (κ3) is 4.15. The van der Waals surface area contributed by atoms with E-state index in [9.17, 15) is 0 Å². The maximum atomic E-state index is 8.56. The molecular weight excluding hydrogens is 238 g/mol. The van der Waals surface area contributed by atoms with Gasteiger partial charge in [-0.1, -0.05) is 29.7 Å². The summed E-state index contributed by atoms with van der Waals surface area (Å²) in [7, 11) is 0. The van der Waals surface area contributed by atoms with Gasteiger partial charge in [-0.2, -0.15) is 0 Å². The highest BCUT2D eigenvalue weighted by molar-refractivity contribution is 6.30. The molecule has 1 aromatic rings. The van der Waals surface area contributed by atoms with E-state index in [2.05, 4.69) is 10.5 Å². The number of hydrogen-bond acceptors (Lipinski definition) is 3. The quantitative estimate of drug-likeness (QED) is 0.328. The summed E-state index contributed by atoms with van der Waals surface area (Å²) in [5.74, 6) is 0.226. The summed E-state index contributed by atoms with van der Waals surface area (Å²) < 4.78 is 0. The number of amidine groups is 1. The van der Waals surface area contributed by atoms with Crippen LogP contribution in [0, 0.1) is 6.92 Å². The number of nitrogens with zero attached hydrogens (tertiary/aromatic N) is 1. The maximum Gasteiger partial charge on any atom is 0.141 e. The maximum absolute atomic E-state index is 8.56. The first-order chi connectivity index (χ1) is 8.06. The van der Waals surface area contributed by atoms with Gasteiger partial charge >= 0.3 is 0 Å². The standard InChI is InChI=1S/C12H18ClN3O/c1-3-10(7-12(14)16-17)15-11-6-9(13)5-4-8(11)2/h4-6,10,15,17H,3,7H2,1-2H3,(H2,14,16). The summed E-state index contributed by atoms with van der Waals surface area (Å²) >= 11 is 5.95. The Hall–Kier alpha value is -1.42. The Labute approximate surface area is 106 Å². The summed E-state index contributed by atoms with van der Waals surface area (Å²) in [4.78, 5) is 0. The largest absolute Gasteiger partial charge is 0.409 e. The first-order valence-corrected chi connectivity index (χ1v) is 5.93. The molecule has 1 rings (SSSR count). The van der Waals surface area contributed by atoms with Gasteiger partial charge in [-0.25, -0.2) is 0 Å². The lowest BCUT2D eigenvalue weighted by Gasteiger charge is -2.19. The van der Waals surface area contributed by atoms with Gasteiger partial charge in [-0.3, -0.25) is 0 Å². The van der Waals surface area contributed by atoms with Crippen LogP contribution in [0.4, 0.5) is 5.69 Å². The lowest BCUT2D eigenvalue weighted by molar-refractivity contribution is 0.316. The molecule has 0 saturated carbocycles.